The van der Waals surface area contributed by atoms with Crippen molar-refractivity contribution < 1.29 is 17.9 Å². The number of nitrogens with one attached hydrogen (secondary N) is 2. The van der Waals surface area contributed by atoms with Gasteiger partial charge in [0.05, 0.1) is 4.90 Å². The Hall–Kier alpha value is -1.60. The van der Waals surface area contributed by atoms with Gasteiger partial charge < -0.3 is 10.1 Å². The summed E-state index contributed by atoms with van der Waals surface area (Å²) >= 11 is 0. The number of ether oxygens (including phenoxy) is 1. The van der Waals surface area contributed by atoms with Gasteiger partial charge in [-0.2, -0.15) is 0 Å². The van der Waals surface area contributed by atoms with Gasteiger partial charge in [-0.3, -0.25) is 4.79 Å². The van der Waals surface area contributed by atoms with E-state index in [0.717, 1.165) is 12.8 Å². The maximum absolute atomic E-state index is 12.2. The van der Waals surface area contributed by atoms with E-state index < -0.39 is 10.0 Å². The molecule has 0 aliphatic heterocycles. The van der Waals surface area contributed by atoms with Crippen molar-refractivity contribution in [2.75, 3.05) is 13.2 Å². The molecule has 1 amide bonds. The van der Waals surface area contributed by atoms with Gasteiger partial charge >= 0.3 is 0 Å². The lowest BCUT2D eigenvalue weighted by atomic mass is 10.2. The molecule has 1 atom stereocenters. The lowest BCUT2D eigenvalue weighted by Crippen LogP contribution is -2.36. The van der Waals surface area contributed by atoms with Crippen LogP contribution < -0.4 is 14.8 Å². The van der Waals surface area contributed by atoms with Crippen LogP contribution in [0.4, 0.5) is 0 Å². The van der Waals surface area contributed by atoms with E-state index in [-0.39, 0.29) is 29.4 Å². The van der Waals surface area contributed by atoms with Gasteiger partial charge in [-0.1, -0.05) is 27.2 Å². The molecule has 0 saturated heterocycles. The predicted octanol–water partition coefficient (Wildman–Crippen LogP) is 2.61. The molecule has 0 unspecified atom stereocenters. The second-order valence-electron chi connectivity index (χ2n) is 6.72. The topological polar surface area (TPSA) is 84.5 Å². The Morgan fingerprint density at radius 3 is 2.48 bits per heavy atom. The van der Waals surface area contributed by atoms with Crippen LogP contribution in [0.3, 0.4) is 0 Å². The van der Waals surface area contributed by atoms with Gasteiger partial charge in [0.1, 0.15) is 5.75 Å². The monoisotopic (exact) mass is 370 g/mol. The molecule has 0 spiro atoms. The van der Waals surface area contributed by atoms with Gasteiger partial charge in [0.15, 0.2) is 6.61 Å². The fourth-order valence-electron chi connectivity index (χ4n) is 2.28. The Labute approximate surface area is 151 Å². The highest BCUT2D eigenvalue weighted by molar-refractivity contribution is 7.89. The van der Waals surface area contributed by atoms with E-state index in [9.17, 15) is 13.2 Å². The van der Waals surface area contributed by atoms with Crippen LogP contribution in [-0.4, -0.2) is 33.5 Å². The van der Waals surface area contributed by atoms with E-state index in [1.54, 1.807) is 19.1 Å². The summed E-state index contributed by atoms with van der Waals surface area (Å²) in [4.78, 5) is 12.0. The standard InChI is InChI=1S/C18H30N2O4S/c1-6-7-15(5)20-18(21)12-24-17-9-8-16(10-14(17)4)25(22,23)19-11-13(2)3/h8-10,13,15,19H,6-7,11-12H2,1-5H3,(H,20,21)/t15-/m1/s1. The average Bonchev–Trinajstić information content (AvgIpc) is 2.52. The van der Waals surface area contributed by atoms with Crippen molar-refractivity contribution in [3.8, 4) is 5.75 Å². The SMILES string of the molecule is CCC[C@@H](C)NC(=O)COc1ccc(S(=O)(=O)NCC(C)C)cc1C. The fraction of sp³-hybridized carbons (Fsp3) is 0.611. The van der Waals surface area contributed by atoms with Gasteiger partial charge in [0.2, 0.25) is 10.0 Å². The quantitative estimate of drug-likeness (QED) is 0.663. The molecule has 0 heterocycles. The molecular weight excluding hydrogens is 340 g/mol. The molecule has 0 radical (unpaired) electrons. The van der Waals surface area contributed by atoms with Crippen LogP contribution in [0.15, 0.2) is 23.1 Å². The van der Waals surface area contributed by atoms with Gasteiger partial charge in [-0.05, 0) is 49.9 Å². The molecule has 0 fully saturated rings. The number of carbonyl (C=O) groups excluding carboxylic acids is 1. The van der Waals surface area contributed by atoms with Crippen molar-refractivity contribution in [3.05, 3.63) is 23.8 Å². The highest BCUT2D eigenvalue weighted by Crippen LogP contribution is 2.21. The van der Waals surface area contributed by atoms with E-state index in [1.807, 2.05) is 20.8 Å². The molecule has 2 N–H and O–H groups in total. The molecule has 6 nitrogen and oxygen atoms in total. The first kappa shape index (κ1) is 21.4. The number of amides is 1. The van der Waals surface area contributed by atoms with E-state index in [4.69, 9.17) is 4.74 Å². The zero-order valence-electron chi connectivity index (χ0n) is 15.8. The van der Waals surface area contributed by atoms with Crippen molar-refractivity contribution in [2.45, 2.75) is 58.4 Å². The molecule has 1 aromatic carbocycles. The molecule has 25 heavy (non-hydrogen) atoms. The maximum Gasteiger partial charge on any atom is 0.258 e. The van der Waals surface area contributed by atoms with E-state index >= 15 is 0 Å². The molecule has 142 valence electrons. The molecular formula is C18H30N2O4S. The average molecular weight is 371 g/mol. The largest absolute Gasteiger partial charge is 0.484 e. The summed E-state index contributed by atoms with van der Waals surface area (Å²) in [6.07, 6.45) is 1.92. The summed E-state index contributed by atoms with van der Waals surface area (Å²) < 4.78 is 32.6. The molecule has 0 aromatic heterocycles. The minimum atomic E-state index is -3.53. The molecule has 0 aliphatic rings. The highest BCUT2D eigenvalue weighted by Gasteiger charge is 2.16. The molecule has 0 aliphatic carbocycles. The van der Waals surface area contributed by atoms with Crippen molar-refractivity contribution >= 4 is 15.9 Å². The summed E-state index contributed by atoms with van der Waals surface area (Å²) in [5.41, 5.74) is 0.668. The molecule has 7 heteroatoms. The molecule has 0 saturated carbocycles. The van der Waals surface area contributed by atoms with Crippen molar-refractivity contribution in [1.82, 2.24) is 10.0 Å². The zero-order chi connectivity index (χ0) is 19.0. The van der Waals surface area contributed by atoms with Gasteiger partial charge in [-0.15, -0.1) is 0 Å². The Balaban J connectivity index is 2.68. The van der Waals surface area contributed by atoms with Crippen LogP contribution in [0, 0.1) is 12.8 Å². The van der Waals surface area contributed by atoms with E-state index in [2.05, 4.69) is 17.0 Å². The second kappa shape index (κ2) is 9.77. The molecule has 0 bridgehead atoms. The lowest BCUT2D eigenvalue weighted by Gasteiger charge is -2.15. The number of aryl methyl sites for hydroxylation is 1. The number of sulfonamides is 1. The van der Waals surface area contributed by atoms with Crippen LogP contribution in [0.25, 0.3) is 0 Å². The first-order valence-electron chi connectivity index (χ1n) is 8.68. The lowest BCUT2D eigenvalue weighted by molar-refractivity contribution is -0.123. The van der Waals surface area contributed by atoms with E-state index in [1.165, 1.54) is 6.07 Å². The summed E-state index contributed by atoms with van der Waals surface area (Å²) in [5, 5.41) is 2.86. The number of benzene rings is 1. The fourth-order valence-corrected chi connectivity index (χ4v) is 3.57. The number of hydrogen-bond donors (Lipinski definition) is 2. The van der Waals surface area contributed by atoms with Crippen LogP contribution in [0.5, 0.6) is 5.75 Å². The summed E-state index contributed by atoms with van der Waals surface area (Å²) in [5.74, 6) is 0.545. The Morgan fingerprint density at radius 1 is 1.24 bits per heavy atom. The Kier molecular flexibility index (Phi) is 8.38. The van der Waals surface area contributed by atoms with Crippen molar-refractivity contribution in [1.29, 1.82) is 0 Å². The maximum atomic E-state index is 12.2. The minimum absolute atomic E-state index is 0.0907. The Bertz CT molecular complexity index is 672. The van der Waals surface area contributed by atoms with Crippen LogP contribution >= 0.6 is 0 Å². The van der Waals surface area contributed by atoms with Crippen LogP contribution in [0.1, 0.15) is 46.1 Å². The summed E-state index contributed by atoms with van der Waals surface area (Å²) in [6.45, 7) is 9.95. The highest BCUT2D eigenvalue weighted by atomic mass is 32.2. The number of hydrogen-bond acceptors (Lipinski definition) is 4. The van der Waals surface area contributed by atoms with Gasteiger partial charge in [0, 0.05) is 12.6 Å². The van der Waals surface area contributed by atoms with Crippen LogP contribution in [0.2, 0.25) is 0 Å². The first-order valence-corrected chi connectivity index (χ1v) is 10.2. The van der Waals surface area contributed by atoms with Gasteiger partial charge in [-0.25, -0.2) is 13.1 Å². The zero-order valence-corrected chi connectivity index (χ0v) is 16.6. The third-order valence-electron chi connectivity index (χ3n) is 3.63. The third-order valence-corrected chi connectivity index (χ3v) is 5.05. The van der Waals surface area contributed by atoms with Crippen LogP contribution in [-0.2, 0) is 14.8 Å². The van der Waals surface area contributed by atoms with E-state index in [0.29, 0.717) is 17.9 Å². The summed E-state index contributed by atoms with van der Waals surface area (Å²) in [6, 6.07) is 4.74. The van der Waals surface area contributed by atoms with Gasteiger partial charge in [0.25, 0.3) is 5.91 Å². The normalized spacial score (nSPS) is 12.9. The molecule has 1 aromatic rings. The number of rotatable bonds is 10. The molecule has 1 rings (SSSR count). The van der Waals surface area contributed by atoms with Crippen molar-refractivity contribution in [2.24, 2.45) is 5.92 Å². The van der Waals surface area contributed by atoms with Crippen molar-refractivity contribution in [3.63, 3.8) is 0 Å². The summed E-state index contributed by atoms with van der Waals surface area (Å²) in [7, 11) is -3.53. The predicted molar refractivity (Wildman–Crippen MR) is 99.2 cm³/mol. The third kappa shape index (κ3) is 7.44. The Morgan fingerprint density at radius 2 is 1.92 bits per heavy atom. The first-order chi connectivity index (χ1) is 11.7. The smallest absolute Gasteiger partial charge is 0.258 e. The minimum Gasteiger partial charge on any atom is -0.484 e. The number of carbonyl (C=O) groups is 1. The second-order valence-corrected chi connectivity index (χ2v) is 8.49.